The lowest BCUT2D eigenvalue weighted by molar-refractivity contribution is -0.00387. The van der Waals surface area contributed by atoms with E-state index in [0.29, 0.717) is 0 Å². The van der Waals surface area contributed by atoms with E-state index < -0.39 is 5.67 Å². The van der Waals surface area contributed by atoms with Crippen molar-refractivity contribution < 1.29 is 9.13 Å². The van der Waals surface area contributed by atoms with Crippen molar-refractivity contribution in [3.63, 3.8) is 0 Å². The maximum atomic E-state index is 12.7. The van der Waals surface area contributed by atoms with Gasteiger partial charge in [0, 0.05) is 7.11 Å². The summed E-state index contributed by atoms with van der Waals surface area (Å²) in [5.74, 6) is 0. The summed E-state index contributed by atoms with van der Waals surface area (Å²) in [5, 5.41) is 0. The molecular formula is C6H13FO. The van der Waals surface area contributed by atoms with Crippen molar-refractivity contribution in [2.24, 2.45) is 0 Å². The van der Waals surface area contributed by atoms with Gasteiger partial charge >= 0.3 is 0 Å². The minimum atomic E-state index is -1.21. The molecule has 50 valence electrons. The summed E-state index contributed by atoms with van der Waals surface area (Å²) < 4.78 is 17.4. The van der Waals surface area contributed by atoms with E-state index in [1.807, 2.05) is 0 Å². The van der Waals surface area contributed by atoms with Gasteiger partial charge in [-0.3, -0.25) is 0 Å². The first-order valence-corrected chi connectivity index (χ1v) is 2.70. The van der Waals surface area contributed by atoms with Crippen LogP contribution in [0.25, 0.3) is 0 Å². The van der Waals surface area contributed by atoms with E-state index in [0.717, 1.165) is 0 Å². The summed E-state index contributed by atoms with van der Waals surface area (Å²) in [5.41, 5.74) is -1.21. The standard InChI is InChI=1S/C6H13FO/c1-5(8-4)6(2,3)7/h5H,1-4H3. The predicted octanol–water partition coefficient (Wildman–Crippen LogP) is 1.77. The fraction of sp³-hybridized carbons (Fsp3) is 1.00. The Morgan fingerprint density at radius 1 is 1.50 bits per heavy atom. The number of ether oxygens (including phenoxy) is 1. The van der Waals surface area contributed by atoms with E-state index in [1.165, 1.54) is 21.0 Å². The summed E-state index contributed by atoms with van der Waals surface area (Å²) in [4.78, 5) is 0. The Hall–Kier alpha value is -0.110. The van der Waals surface area contributed by atoms with Crippen LogP contribution in [0.4, 0.5) is 4.39 Å². The Morgan fingerprint density at radius 2 is 1.88 bits per heavy atom. The molecule has 0 aromatic carbocycles. The lowest BCUT2D eigenvalue weighted by Crippen LogP contribution is -2.29. The van der Waals surface area contributed by atoms with Gasteiger partial charge in [-0.15, -0.1) is 0 Å². The molecule has 0 fully saturated rings. The molecule has 0 aromatic heterocycles. The average Bonchev–Trinajstić information content (AvgIpc) is 1.62. The number of hydrogen-bond acceptors (Lipinski definition) is 1. The molecule has 0 aromatic rings. The highest BCUT2D eigenvalue weighted by molar-refractivity contribution is 4.73. The van der Waals surface area contributed by atoms with E-state index in [2.05, 4.69) is 0 Å². The summed E-state index contributed by atoms with van der Waals surface area (Å²) >= 11 is 0. The first-order chi connectivity index (χ1) is 3.48. The molecule has 1 atom stereocenters. The maximum absolute atomic E-state index is 12.7. The molecule has 0 aliphatic carbocycles. The molecule has 0 rings (SSSR count). The van der Waals surface area contributed by atoms with Crippen LogP contribution in [0.5, 0.6) is 0 Å². The SMILES string of the molecule is COC(C)C(C)(C)F. The molecule has 8 heavy (non-hydrogen) atoms. The Balaban J connectivity index is 3.62. The average molecular weight is 120 g/mol. The highest BCUT2D eigenvalue weighted by atomic mass is 19.1. The van der Waals surface area contributed by atoms with E-state index in [1.54, 1.807) is 6.92 Å². The van der Waals surface area contributed by atoms with Crippen LogP contribution < -0.4 is 0 Å². The van der Waals surface area contributed by atoms with Gasteiger partial charge in [0.1, 0.15) is 5.67 Å². The summed E-state index contributed by atoms with van der Waals surface area (Å²) in [7, 11) is 1.51. The van der Waals surface area contributed by atoms with Crippen molar-refractivity contribution in [1.29, 1.82) is 0 Å². The molecule has 1 unspecified atom stereocenters. The molecule has 0 aliphatic heterocycles. The van der Waals surface area contributed by atoms with Crippen LogP contribution in [0.2, 0.25) is 0 Å². The normalized spacial score (nSPS) is 16.1. The minimum Gasteiger partial charge on any atom is -0.378 e. The molecule has 0 saturated heterocycles. The Labute approximate surface area is 49.8 Å². The van der Waals surface area contributed by atoms with Gasteiger partial charge in [-0.2, -0.15) is 0 Å². The van der Waals surface area contributed by atoms with Gasteiger partial charge < -0.3 is 4.74 Å². The third kappa shape index (κ3) is 2.26. The van der Waals surface area contributed by atoms with Crippen LogP contribution in [0.1, 0.15) is 20.8 Å². The first-order valence-electron chi connectivity index (χ1n) is 2.70. The van der Waals surface area contributed by atoms with Crippen LogP contribution in [0, 0.1) is 0 Å². The van der Waals surface area contributed by atoms with Crippen LogP contribution >= 0.6 is 0 Å². The van der Waals surface area contributed by atoms with Crippen LogP contribution in [-0.2, 0) is 4.74 Å². The van der Waals surface area contributed by atoms with Gasteiger partial charge in [-0.1, -0.05) is 0 Å². The monoisotopic (exact) mass is 120 g/mol. The van der Waals surface area contributed by atoms with Crippen LogP contribution in [0.3, 0.4) is 0 Å². The van der Waals surface area contributed by atoms with E-state index in [-0.39, 0.29) is 6.10 Å². The van der Waals surface area contributed by atoms with Gasteiger partial charge in [0.05, 0.1) is 6.10 Å². The Morgan fingerprint density at radius 3 is 1.88 bits per heavy atom. The predicted molar refractivity (Wildman–Crippen MR) is 31.7 cm³/mol. The van der Waals surface area contributed by atoms with Crippen molar-refractivity contribution in [3.05, 3.63) is 0 Å². The van der Waals surface area contributed by atoms with Crippen LogP contribution in [0.15, 0.2) is 0 Å². The molecule has 0 N–H and O–H groups in total. The second-order valence-electron chi connectivity index (χ2n) is 2.44. The van der Waals surface area contributed by atoms with E-state index in [9.17, 15) is 4.39 Å². The lowest BCUT2D eigenvalue weighted by atomic mass is 10.1. The van der Waals surface area contributed by atoms with Crippen LogP contribution in [-0.4, -0.2) is 18.9 Å². The Kier molecular flexibility index (Phi) is 2.41. The third-order valence-electron chi connectivity index (χ3n) is 1.32. The fourth-order valence-corrected chi connectivity index (χ4v) is 0.280. The second kappa shape index (κ2) is 2.44. The molecule has 0 bridgehead atoms. The number of methoxy groups -OCH3 is 1. The first kappa shape index (κ1) is 7.89. The lowest BCUT2D eigenvalue weighted by Gasteiger charge is -2.20. The van der Waals surface area contributed by atoms with Crippen molar-refractivity contribution in [2.45, 2.75) is 32.5 Å². The minimum absolute atomic E-state index is 0.317. The molecule has 0 heterocycles. The van der Waals surface area contributed by atoms with Gasteiger partial charge in [0.2, 0.25) is 0 Å². The summed E-state index contributed by atoms with van der Waals surface area (Å²) in [6.45, 7) is 4.71. The topological polar surface area (TPSA) is 9.23 Å². The van der Waals surface area contributed by atoms with E-state index in [4.69, 9.17) is 4.74 Å². The largest absolute Gasteiger partial charge is 0.378 e. The summed E-state index contributed by atoms with van der Waals surface area (Å²) in [6.07, 6.45) is -0.317. The Bertz CT molecular complexity index is 65.4. The van der Waals surface area contributed by atoms with E-state index >= 15 is 0 Å². The zero-order valence-electron chi connectivity index (χ0n) is 5.86. The van der Waals surface area contributed by atoms with Gasteiger partial charge in [-0.25, -0.2) is 4.39 Å². The van der Waals surface area contributed by atoms with Crippen molar-refractivity contribution in [2.75, 3.05) is 7.11 Å². The van der Waals surface area contributed by atoms with Crippen molar-refractivity contribution >= 4 is 0 Å². The number of hydrogen-bond donors (Lipinski definition) is 0. The second-order valence-corrected chi connectivity index (χ2v) is 2.44. The molecule has 0 spiro atoms. The molecule has 0 amide bonds. The highest BCUT2D eigenvalue weighted by Crippen LogP contribution is 2.15. The molecular weight excluding hydrogens is 107 g/mol. The molecule has 2 heteroatoms. The third-order valence-corrected chi connectivity index (χ3v) is 1.32. The molecule has 0 radical (unpaired) electrons. The molecule has 0 aliphatic rings. The number of halogens is 1. The highest BCUT2D eigenvalue weighted by Gasteiger charge is 2.23. The fourth-order valence-electron chi connectivity index (χ4n) is 0.280. The van der Waals surface area contributed by atoms with Crippen molar-refractivity contribution in [3.8, 4) is 0 Å². The smallest absolute Gasteiger partial charge is 0.131 e. The number of alkyl halides is 1. The van der Waals surface area contributed by atoms with Gasteiger partial charge in [0.25, 0.3) is 0 Å². The molecule has 0 saturated carbocycles. The van der Waals surface area contributed by atoms with Crippen molar-refractivity contribution in [1.82, 2.24) is 0 Å². The number of rotatable bonds is 2. The quantitative estimate of drug-likeness (QED) is 0.539. The van der Waals surface area contributed by atoms with Gasteiger partial charge in [-0.05, 0) is 20.8 Å². The van der Waals surface area contributed by atoms with Gasteiger partial charge in [0.15, 0.2) is 0 Å². The maximum Gasteiger partial charge on any atom is 0.131 e. The molecule has 1 nitrogen and oxygen atoms in total. The zero-order valence-corrected chi connectivity index (χ0v) is 5.86. The zero-order chi connectivity index (χ0) is 6.78. The summed E-state index contributed by atoms with van der Waals surface area (Å²) in [6, 6.07) is 0.